The van der Waals surface area contributed by atoms with Crippen LogP contribution in [0.25, 0.3) is 0 Å². The third kappa shape index (κ3) is 5.29. The molecule has 26 heavy (non-hydrogen) atoms. The van der Waals surface area contributed by atoms with Gasteiger partial charge in [-0.1, -0.05) is 12.1 Å². The number of benzene rings is 1. The summed E-state index contributed by atoms with van der Waals surface area (Å²) in [7, 11) is 4.05. The van der Waals surface area contributed by atoms with Gasteiger partial charge in [0.15, 0.2) is 0 Å². The van der Waals surface area contributed by atoms with Gasteiger partial charge >= 0.3 is 0 Å². The molecule has 4 heteroatoms. The van der Waals surface area contributed by atoms with Crippen LogP contribution in [0.5, 0.6) is 0 Å². The van der Waals surface area contributed by atoms with Gasteiger partial charge in [-0.2, -0.15) is 0 Å². The predicted octanol–water partition coefficient (Wildman–Crippen LogP) is 2.91. The first-order valence-electron chi connectivity index (χ1n) is 10.3. The van der Waals surface area contributed by atoms with E-state index >= 15 is 0 Å². The molecule has 2 aliphatic heterocycles. The maximum atomic E-state index is 5.39. The lowest BCUT2D eigenvalue weighted by atomic mass is 9.96. The molecule has 0 bridgehead atoms. The Morgan fingerprint density at radius 1 is 0.923 bits per heavy atom. The van der Waals surface area contributed by atoms with E-state index in [0.29, 0.717) is 5.92 Å². The van der Waals surface area contributed by atoms with Crippen LogP contribution in [-0.4, -0.2) is 74.7 Å². The summed E-state index contributed by atoms with van der Waals surface area (Å²) < 4.78 is 5.39. The molecule has 0 aromatic heterocycles. The Labute approximate surface area is 160 Å². The van der Waals surface area contributed by atoms with Crippen molar-refractivity contribution < 1.29 is 4.74 Å². The first-order chi connectivity index (χ1) is 12.5. The maximum absolute atomic E-state index is 5.39. The smallest absolute Gasteiger partial charge is 0.0502 e. The lowest BCUT2D eigenvalue weighted by molar-refractivity contribution is 0.0872. The summed E-state index contributed by atoms with van der Waals surface area (Å²) in [6.07, 6.45) is 2.61. The molecule has 1 atom stereocenters. The Balaban J connectivity index is 1.65. The minimum Gasteiger partial charge on any atom is -0.384 e. The van der Waals surface area contributed by atoms with Gasteiger partial charge in [-0.25, -0.2) is 0 Å². The number of likely N-dealkylation sites (tertiary alicyclic amines) is 1. The van der Waals surface area contributed by atoms with Crippen molar-refractivity contribution in [3.63, 3.8) is 0 Å². The zero-order chi connectivity index (χ0) is 18.5. The van der Waals surface area contributed by atoms with Crippen molar-refractivity contribution in [2.24, 2.45) is 5.92 Å². The van der Waals surface area contributed by atoms with Crippen LogP contribution in [0.3, 0.4) is 0 Å². The lowest BCUT2D eigenvalue weighted by Gasteiger charge is -2.34. The van der Waals surface area contributed by atoms with Gasteiger partial charge in [0.05, 0.1) is 6.61 Å². The Morgan fingerprint density at radius 2 is 1.58 bits per heavy atom. The van der Waals surface area contributed by atoms with E-state index in [-0.39, 0.29) is 0 Å². The average Bonchev–Trinajstić information content (AvgIpc) is 2.61. The Kier molecular flexibility index (Phi) is 7.10. The van der Waals surface area contributed by atoms with Crippen molar-refractivity contribution in [3.8, 4) is 0 Å². The summed E-state index contributed by atoms with van der Waals surface area (Å²) in [5, 5.41) is 0. The van der Waals surface area contributed by atoms with E-state index in [4.69, 9.17) is 4.74 Å². The van der Waals surface area contributed by atoms with Crippen LogP contribution in [-0.2, 0) is 17.8 Å². The quantitative estimate of drug-likeness (QED) is 0.777. The summed E-state index contributed by atoms with van der Waals surface area (Å²) >= 11 is 0. The summed E-state index contributed by atoms with van der Waals surface area (Å²) in [6.45, 7) is 14.8. The molecule has 0 saturated carbocycles. The van der Waals surface area contributed by atoms with Crippen molar-refractivity contribution in [3.05, 3.63) is 34.4 Å². The fourth-order valence-electron chi connectivity index (χ4n) is 4.44. The van der Waals surface area contributed by atoms with Crippen LogP contribution in [0.2, 0.25) is 0 Å². The molecular weight excluding hydrogens is 322 g/mol. The monoisotopic (exact) mass is 359 g/mol. The van der Waals surface area contributed by atoms with Crippen molar-refractivity contribution in [1.29, 1.82) is 0 Å². The molecule has 2 aliphatic rings. The third-order valence-corrected chi connectivity index (χ3v) is 6.18. The van der Waals surface area contributed by atoms with Crippen LogP contribution in [0.15, 0.2) is 12.1 Å². The molecule has 2 fully saturated rings. The molecule has 2 saturated heterocycles. The van der Waals surface area contributed by atoms with Crippen molar-refractivity contribution in [1.82, 2.24) is 14.7 Å². The van der Waals surface area contributed by atoms with Gasteiger partial charge in [0.1, 0.15) is 0 Å². The number of rotatable bonds is 6. The number of nitrogens with zero attached hydrogens (tertiary/aromatic N) is 3. The number of hydrogen-bond donors (Lipinski definition) is 0. The summed E-state index contributed by atoms with van der Waals surface area (Å²) in [5.74, 6) is 0.698. The molecule has 1 unspecified atom stereocenters. The number of piperidine rings is 1. The number of ether oxygens (including phenoxy) is 1. The zero-order valence-electron chi connectivity index (χ0n) is 17.3. The minimum atomic E-state index is 0.698. The first kappa shape index (κ1) is 19.8. The van der Waals surface area contributed by atoms with E-state index in [1.165, 1.54) is 74.4 Å². The largest absolute Gasteiger partial charge is 0.384 e. The van der Waals surface area contributed by atoms with Gasteiger partial charge in [0, 0.05) is 52.9 Å². The summed E-state index contributed by atoms with van der Waals surface area (Å²) in [5.41, 5.74) is 5.91. The van der Waals surface area contributed by atoms with E-state index in [0.717, 1.165) is 19.7 Å². The van der Waals surface area contributed by atoms with E-state index in [2.05, 4.69) is 47.7 Å². The molecule has 3 rings (SSSR count). The van der Waals surface area contributed by atoms with Gasteiger partial charge in [-0.3, -0.25) is 9.80 Å². The van der Waals surface area contributed by atoms with Crippen molar-refractivity contribution in [2.75, 3.05) is 60.0 Å². The van der Waals surface area contributed by atoms with E-state index in [1.54, 1.807) is 0 Å². The highest BCUT2D eigenvalue weighted by molar-refractivity contribution is 5.37. The predicted molar refractivity (Wildman–Crippen MR) is 109 cm³/mol. The number of piperazine rings is 1. The number of aryl methyl sites for hydroxylation is 2. The molecule has 146 valence electrons. The molecular formula is C22H37N3O. The molecule has 0 N–H and O–H groups in total. The SMILES string of the molecule is COCC1CCCN(Cc2cc(CN3CCN(C)CC3)c(C)cc2C)C1. The number of methoxy groups -OCH3 is 1. The molecule has 0 aliphatic carbocycles. The highest BCUT2D eigenvalue weighted by Crippen LogP contribution is 2.23. The van der Waals surface area contributed by atoms with Crippen molar-refractivity contribution >= 4 is 0 Å². The van der Waals surface area contributed by atoms with Crippen LogP contribution in [0.1, 0.15) is 35.1 Å². The highest BCUT2D eigenvalue weighted by atomic mass is 16.5. The van der Waals surface area contributed by atoms with Gasteiger partial charge in [-0.15, -0.1) is 0 Å². The molecule has 0 radical (unpaired) electrons. The van der Waals surface area contributed by atoms with Crippen LogP contribution >= 0.6 is 0 Å². The highest BCUT2D eigenvalue weighted by Gasteiger charge is 2.21. The minimum absolute atomic E-state index is 0.698. The van der Waals surface area contributed by atoms with E-state index in [1.807, 2.05) is 7.11 Å². The van der Waals surface area contributed by atoms with Crippen LogP contribution in [0, 0.1) is 19.8 Å². The molecule has 0 amide bonds. The second-order valence-corrected chi connectivity index (χ2v) is 8.48. The second-order valence-electron chi connectivity index (χ2n) is 8.48. The number of hydrogen-bond acceptors (Lipinski definition) is 4. The molecule has 1 aromatic carbocycles. The Hall–Kier alpha value is -0.940. The topological polar surface area (TPSA) is 19.0 Å². The van der Waals surface area contributed by atoms with Gasteiger partial charge in [0.2, 0.25) is 0 Å². The average molecular weight is 360 g/mol. The molecule has 4 nitrogen and oxygen atoms in total. The third-order valence-electron chi connectivity index (χ3n) is 6.18. The lowest BCUT2D eigenvalue weighted by Crippen LogP contribution is -2.44. The van der Waals surface area contributed by atoms with Gasteiger partial charge < -0.3 is 9.64 Å². The van der Waals surface area contributed by atoms with Crippen LogP contribution < -0.4 is 0 Å². The first-order valence-corrected chi connectivity index (χ1v) is 10.3. The Morgan fingerprint density at radius 3 is 2.23 bits per heavy atom. The maximum Gasteiger partial charge on any atom is 0.0502 e. The van der Waals surface area contributed by atoms with E-state index in [9.17, 15) is 0 Å². The molecule has 1 aromatic rings. The molecule has 0 spiro atoms. The second kappa shape index (κ2) is 9.32. The van der Waals surface area contributed by atoms with E-state index < -0.39 is 0 Å². The summed E-state index contributed by atoms with van der Waals surface area (Å²) in [6, 6.07) is 4.89. The summed E-state index contributed by atoms with van der Waals surface area (Å²) in [4.78, 5) is 7.66. The normalized spacial score (nSPS) is 23.5. The van der Waals surface area contributed by atoms with Crippen molar-refractivity contribution in [2.45, 2.75) is 39.8 Å². The van der Waals surface area contributed by atoms with Crippen LogP contribution in [0.4, 0.5) is 0 Å². The standard InChI is InChI=1S/C22H37N3O/c1-18-12-19(2)22(16-25-7-5-6-20(14-25)17-26-4)13-21(18)15-24-10-8-23(3)9-11-24/h12-13,20H,5-11,14-17H2,1-4H3. The molecule has 2 heterocycles. The zero-order valence-corrected chi connectivity index (χ0v) is 17.3. The Bertz CT molecular complexity index is 579. The van der Waals surface area contributed by atoms with Gasteiger partial charge in [0.25, 0.3) is 0 Å². The fraction of sp³-hybridized carbons (Fsp3) is 0.727. The van der Waals surface area contributed by atoms with Gasteiger partial charge in [-0.05, 0) is 68.5 Å². The number of likely N-dealkylation sites (N-methyl/N-ethyl adjacent to an activating group) is 1. The fourth-order valence-corrected chi connectivity index (χ4v) is 4.44.